The van der Waals surface area contributed by atoms with Crippen molar-refractivity contribution < 1.29 is 28.2 Å². The van der Waals surface area contributed by atoms with E-state index >= 15 is 0 Å². The summed E-state index contributed by atoms with van der Waals surface area (Å²) in [6.45, 7) is 1.56. The van der Waals surface area contributed by atoms with Gasteiger partial charge in [0, 0.05) is 0 Å². The summed E-state index contributed by atoms with van der Waals surface area (Å²) in [7, 11) is 2.37. The van der Waals surface area contributed by atoms with E-state index in [1.54, 1.807) is 13.0 Å². The molecule has 1 aliphatic heterocycles. The van der Waals surface area contributed by atoms with E-state index in [4.69, 9.17) is 9.47 Å². The molecule has 0 N–H and O–H groups in total. The summed E-state index contributed by atoms with van der Waals surface area (Å²) in [6.07, 6.45) is 0. The summed E-state index contributed by atoms with van der Waals surface area (Å²) >= 11 is 0. The highest BCUT2D eigenvalue weighted by atomic mass is 19.1. The van der Waals surface area contributed by atoms with Crippen LogP contribution in [0.25, 0.3) is 0 Å². The zero-order chi connectivity index (χ0) is 16.3. The minimum absolute atomic E-state index is 0.0134. The highest BCUT2D eigenvalue weighted by Gasteiger charge is 2.33. The lowest BCUT2D eigenvalue weighted by molar-refractivity contribution is -0.140. The second-order valence-corrected chi connectivity index (χ2v) is 4.67. The topological polar surface area (TPSA) is 65.1 Å². The van der Waals surface area contributed by atoms with Gasteiger partial charge in [-0.25, -0.2) is 14.0 Å². The van der Waals surface area contributed by atoms with Gasteiger partial charge in [-0.1, -0.05) is 6.07 Å². The van der Waals surface area contributed by atoms with Gasteiger partial charge in [-0.2, -0.15) is 0 Å². The Kier molecular flexibility index (Phi) is 4.77. The standard InChI is InChI=1S/C15H16FNO5/c1-9-4-5-12(11(16)6-9)17-8-22-7-10(14(18)20-2)13(17)15(19)21-3/h4-6H,7-8H2,1-3H3. The number of benzene rings is 1. The lowest BCUT2D eigenvalue weighted by Gasteiger charge is -2.31. The molecule has 6 nitrogen and oxygen atoms in total. The molecule has 22 heavy (non-hydrogen) atoms. The molecule has 0 aliphatic carbocycles. The maximum atomic E-state index is 14.2. The highest BCUT2D eigenvalue weighted by molar-refractivity contribution is 6.03. The molecule has 0 saturated carbocycles. The van der Waals surface area contributed by atoms with Crippen molar-refractivity contribution in [1.29, 1.82) is 0 Å². The number of methoxy groups -OCH3 is 2. The Hall–Kier alpha value is -2.41. The molecule has 118 valence electrons. The molecule has 7 heteroatoms. The van der Waals surface area contributed by atoms with Gasteiger partial charge in [0.25, 0.3) is 0 Å². The second kappa shape index (κ2) is 6.57. The van der Waals surface area contributed by atoms with Gasteiger partial charge < -0.3 is 19.1 Å². The molecular formula is C15H16FNO5. The Balaban J connectivity index is 2.57. The van der Waals surface area contributed by atoms with Crippen molar-refractivity contribution in [2.75, 3.05) is 32.5 Å². The molecule has 0 aromatic heterocycles. The number of anilines is 1. The zero-order valence-corrected chi connectivity index (χ0v) is 12.5. The average Bonchev–Trinajstić information content (AvgIpc) is 2.52. The summed E-state index contributed by atoms with van der Waals surface area (Å²) in [5.41, 5.74) is 0.756. The normalized spacial score (nSPS) is 14.8. The first-order valence-electron chi connectivity index (χ1n) is 6.50. The fourth-order valence-electron chi connectivity index (χ4n) is 2.16. The predicted octanol–water partition coefficient (Wildman–Crippen LogP) is 1.53. The maximum Gasteiger partial charge on any atom is 0.355 e. The van der Waals surface area contributed by atoms with Crippen LogP contribution in [0, 0.1) is 12.7 Å². The molecule has 0 atom stereocenters. The molecule has 0 radical (unpaired) electrons. The van der Waals surface area contributed by atoms with E-state index in [1.165, 1.54) is 31.3 Å². The van der Waals surface area contributed by atoms with E-state index in [2.05, 4.69) is 4.74 Å². The van der Waals surface area contributed by atoms with Crippen LogP contribution in [0.1, 0.15) is 5.56 Å². The molecule has 0 saturated heterocycles. The smallest absolute Gasteiger partial charge is 0.355 e. The summed E-state index contributed by atoms with van der Waals surface area (Å²) in [5.74, 6) is -2.02. The number of hydrogen-bond donors (Lipinski definition) is 0. The Morgan fingerprint density at radius 2 is 1.91 bits per heavy atom. The van der Waals surface area contributed by atoms with Gasteiger partial charge >= 0.3 is 11.9 Å². The minimum atomic E-state index is -0.760. The molecule has 0 unspecified atom stereocenters. The van der Waals surface area contributed by atoms with Crippen molar-refractivity contribution in [1.82, 2.24) is 0 Å². The van der Waals surface area contributed by atoms with Gasteiger partial charge in [-0.15, -0.1) is 0 Å². The molecule has 0 spiro atoms. The van der Waals surface area contributed by atoms with Gasteiger partial charge in [0.2, 0.25) is 0 Å². The Morgan fingerprint density at radius 3 is 2.50 bits per heavy atom. The fourth-order valence-corrected chi connectivity index (χ4v) is 2.16. The van der Waals surface area contributed by atoms with Gasteiger partial charge in [0.15, 0.2) is 0 Å². The third kappa shape index (κ3) is 2.94. The van der Waals surface area contributed by atoms with Crippen LogP contribution in [0.15, 0.2) is 29.5 Å². The lowest BCUT2D eigenvalue weighted by Crippen LogP contribution is -2.39. The molecule has 0 fully saturated rings. The maximum absolute atomic E-state index is 14.2. The van der Waals surface area contributed by atoms with Crippen LogP contribution in [-0.4, -0.2) is 39.5 Å². The average molecular weight is 309 g/mol. The first kappa shape index (κ1) is 16.0. The number of halogens is 1. The molecular weight excluding hydrogens is 293 g/mol. The van der Waals surface area contributed by atoms with Crippen LogP contribution in [-0.2, 0) is 23.8 Å². The summed E-state index contributed by atoms with van der Waals surface area (Å²) in [5, 5.41) is 0. The van der Waals surface area contributed by atoms with Crippen molar-refractivity contribution in [2.24, 2.45) is 0 Å². The fraction of sp³-hybridized carbons (Fsp3) is 0.333. The Morgan fingerprint density at radius 1 is 1.23 bits per heavy atom. The van der Waals surface area contributed by atoms with Crippen molar-refractivity contribution >= 4 is 17.6 Å². The number of aryl methyl sites for hydroxylation is 1. The largest absolute Gasteiger partial charge is 0.466 e. The summed E-state index contributed by atoms with van der Waals surface area (Å²) in [4.78, 5) is 25.1. The number of rotatable bonds is 3. The third-order valence-corrected chi connectivity index (χ3v) is 3.23. The van der Waals surface area contributed by atoms with Gasteiger partial charge in [-0.3, -0.25) is 0 Å². The SMILES string of the molecule is COC(=O)C1=C(C(=O)OC)N(c2ccc(C)cc2F)COC1. The third-order valence-electron chi connectivity index (χ3n) is 3.23. The number of esters is 2. The molecule has 0 amide bonds. The van der Waals surface area contributed by atoms with E-state index in [-0.39, 0.29) is 30.3 Å². The van der Waals surface area contributed by atoms with Gasteiger partial charge in [0.1, 0.15) is 18.2 Å². The lowest BCUT2D eigenvalue weighted by atomic mass is 10.1. The van der Waals surface area contributed by atoms with E-state index in [1.807, 2.05) is 0 Å². The Bertz CT molecular complexity index is 641. The summed E-state index contributed by atoms with van der Waals surface area (Å²) in [6, 6.07) is 4.54. The number of carbonyl (C=O) groups excluding carboxylic acids is 2. The van der Waals surface area contributed by atoms with Crippen LogP contribution in [0.2, 0.25) is 0 Å². The molecule has 1 aromatic rings. The van der Waals surface area contributed by atoms with Crippen LogP contribution >= 0.6 is 0 Å². The first-order chi connectivity index (χ1) is 10.5. The molecule has 1 aliphatic rings. The quantitative estimate of drug-likeness (QED) is 0.789. The number of hydrogen-bond acceptors (Lipinski definition) is 6. The molecule has 1 heterocycles. The zero-order valence-electron chi connectivity index (χ0n) is 12.5. The van der Waals surface area contributed by atoms with Crippen molar-refractivity contribution in [3.63, 3.8) is 0 Å². The number of carbonyl (C=O) groups is 2. The summed E-state index contributed by atoms with van der Waals surface area (Å²) < 4.78 is 28.8. The van der Waals surface area contributed by atoms with E-state index in [9.17, 15) is 14.0 Å². The van der Waals surface area contributed by atoms with Crippen molar-refractivity contribution in [3.05, 3.63) is 40.8 Å². The van der Waals surface area contributed by atoms with Crippen LogP contribution < -0.4 is 4.90 Å². The Labute approximate surface area is 127 Å². The predicted molar refractivity (Wildman–Crippen MR) is 75.5 cm³/mol. The van der Waals surface area contributed by atoms with Crippen LogP contribution in [0.5, 0.6) is 0 Å². The van der Waals surface area contributed by atoms with E-state index in [0.29, 0.717) is 0 Å². The van der Waals surface area contributed by atoms with Crippen LogP contribution in [0.4, 0.5) is 10.1 Å². The van der Waals surface area contributed by atoms with Gasteiger partial charge in [-0.05, 0) is 24.6 Å². The molecule has 1 aromatic carbocycles. The van der Waals surface area contributed by atoms with Gasteiger partial charge in [0.05, 0.1) is 32.1 Å². The highest BCUT2D eigenvalue weighted by Crippen LogP contribution is 2.29. The minimum Gasteiger partial charge on any atom is -0.466 e. The van der Waals surface area contributed by atoms with E-state index in [0.717, 1.165) is 5.56 Å². The van der Waals surface area contributed by atoms with Crippen molar-refractivity contribution in [3.8, 4) is 0 Å². The first-order valence-corrected chi connectivity index (χ1v) is 6.50. The second-order valence-electron chi connectivity index (χ2n) is 4.67. The monoisotopic (exact) mass is 309 g/mol. The van der Waals surface area contributed by atoms with E-state index < -0.39 is 17.8 Å². The molecule has 0 bridgehead atoms. The molecule has 2 rings (SSSR count). The van der Waals surface area contributed by atoms with Crippen molar-refractivity contribution in [2.45, 2.75) is 6.92 Å². The van der Waals surface area contributed by atoms with Crippen LogP contribution in [0.3, 0.4) is 0 Å². The number of nitrogens with zero attached hydrogens (tertiary/aromatic N) is 1. The number of ether oxygens (including phenoxy) is 3.